The number of carbonyl (C=O) groups excluding carboxylic acids is 1. The fourth-order valence-corrected chi connectivity index (χ4v) is 3.67. The van der Waals surface area contributed by atoms with Gasteiger partial charge in [0, 0.05) is 12.1 Å². The van der Waals surface area contributed by atoms with Crippen LogP contribution in [0.4, 0.5) is 0 Å². The monoisotopic (exact) mass is 434 g/mol. The first-order valence-corrected chi connectivity index (χ1v) is 10.5. The fraction of sp³-hybridized carbons (Fsp3) is 0.350. The van der Waals surface area contributed by atoms with E-state index < -0.39 is 0 Å². The van der Waals surface area contributed by atoms with Gasteiger partial charge in [-0.1, -0.05) is 23.4 Å². The van der Waals surface area contributed by atoms with Crippen LogP contribution < -0.4 is 10.1 Å². The maximum absolute atomic E-state index is 12.0. The van der Waals surface area contributed by atoms with Crippen LogP contribution in [0.15, 0.2) is 40.1 Å². The van der Waals surface area contributed by atoms with Gasteiger partial charge in [-0.05, 0) is 56.2 Å². The molecule has 7 nitrogen and oxygen atoms in total. The van der Waals surface area contributed by atoms with Gasteiger partial charge in [-0.3, -0.25) is 4.79 Å². The van der Waals surface area contributed by atoms with E-state index in [4.69, 9.17) is 20.8 Å². The summed E-state index contributed by atoms with van der Waals surface area (Å²) in [6, 6.07) is 7.41. The number of hydrogen-bond acceptors (Lipinski definition) is 6. The molecule has 0 bridgehead atoms. The first kappa shape index (κ1) is 21.3. The van der Waals surface area contributed by atoms with E-state index in [0.29, 0.717) is 23.3 Å². The molecule has 29 heavy (non-hydrogen) atoms. The van der Waals surface area contributed by atoms with E-state index in [1.807, 2.05) is 50.6 Å². The third kappa shape index (κ3) is 5.33. The van der Waals surface area contributed by atoms with Gasteiger partial charge in [0.05, 0.1) is 18.6 Å². The molecule has 1 N–H and O–H groups in total. The molecule has 1 atom stereocenters. The first-order valence-electron chi connectivity index (χ1n) is 9.09. The highest BCUT2D eigenvalue weighted by atomic mass is 35.5. The zero-order valence-electron chi connectivity index (χ0n) is 16.7. The van der Waals surface area contributed by atoms with Gasteiger partial charge < -0.3 is 19.0 Å². The average Bonchev–Trinajstić information content (AvgIpc) is 3.32. The number of furan rings is 1. The minimum atomic E-state index is -0.311. The Hall–Kier alpha value is -2.45. The molecule has 0 saturated carbocycles. The molecule has 0 radical (unpaired) electrons. The SMILES string of the molecule is Cc1cc(OC(C)c2nnc(SCC(=O)NCc3ccco3)n2C)cc(C)c1Cl. The van der Waals surface area contributed by atoms with Crippen LogP contribution >= 0.6 is 23.4 Å². The van der Waals surface area contributed by atoms with Gasteiger partial charge >= 0.3 is 0 Å². The topological polar surface area (TPSA) is 82.2 Å². The Morgan fingerprint density at radius 1 is 1.34 bits per heavy atom. The standard InChI is InChI=1S/C20H23ClN4O3S/c1-12-8-16(9-13(2)18(12)21)28-14(3)19-23-24-20(25(19)4)29-11-17(26)22-10-15-6-5-7-27-15/h5-9,14H,10-11H2,1-4H3,(H,22,26). The minimum absolute atomic E-state index is 0.104. The van der Waals surface area contributed by atoms with Gasteiger partial charge in [0.2, 0.25) is 5.91 Å². The molecule has 0 aliphatic carbocycles. The third-order valence-corrected chi connectivity index (χ3v) is 5.94. The van der Waals surface area contributed by atoms with Gasteiger partial charge in [0.1, 0.15) is 11.5 Å². The van der Waals surface area contributed by atoms with Crippen LogP contribution in [0, 0.1) is 13.8 Å². The summed E-state index contributed by atoms with van der Waals surface area (Å²) in [5, 5.41) is 12.6. The Labute approximate surface area is 178 Å². The Morgan fingerprint density at radius 2 is 2.07 bits per heavy atom. The summed E-state index contributed by atoms with van der Waals surface area (Å²) in [4.78, 5) is 12.0. The maximum atomic E-state index is 12.0. The number of ether oxygens (including phenoxy) is 1. The number of hydrogen-bond donors (Lipinski definition) is 1. The molecule has 1 aromatic carbocycles. The number of nitrogens with one attached hydrogen (secondary N) is 1. The van der Waals surface area contributed by atoms with Crippen LogP contribution in [-0.4, -0.2) is 26.4 Å². The minimum Gasteiger partial charge on any atom is -0.483 e. The summed E-state index contributed by atoms with van der Waals surface area (Å²) < 4.78 is 13.1. The largest absolute Gasteiger partial charge is 0.483 e. The highest BCUT2D eigenvalue weighted by Gasteiger charge is 2.18. The molecule has 0 spiro atoms. The van der Waals surface area contributed by atoms with Crippen LogP contribution in [0.25, 0.3) is 0 Å². The van der Waals surface area contributed by atoms with Crippen molar-refractivity contribution in [2.45, 2.75) is 38.6 Å². The molecule has 3 aromatic rings. The second-order valence-electron chi connectivity index (χ2n) is 6.68. The Balaban J connectivity index is 1.57. The van der Waals surface area contributed by atoms with E-state index in [-0.39, 0.29) is 17.8 Å². The number of thioether (sulfide) groups is 1. The molecule has 0 saturated heterocycles. The number of nitrogens with zero attached hydrogens (tertiary/aromatic N) is 3. The number of amides is 1. The summed E-state index contributed by atoms with van der Waals surface area (Å²) in [6.07, 6.45) is 1.27. The summed E-state index contributed by atoms with van der Waals surface area (Å²) in [7, 11) is 1.86. The summed E-state index contributed by atoms with van der Waals surface area (Å²) >= 11 is 7.54. The Bertz CT molecular complexity index is 965. The van der Waals surface area contributed by atoms with E-state index in [1.165, 1.54) is 11.8 Å². The van der Waals surface area contributed by atoms with Crippen molar-refractivity contribution in [3.8, 4) is 5.75 Å². The molecule has 0 fully saturated rings. The van der Waals surface area contributed by atoms with Crippen molar-refractivity contribution in [1.29, 1.82) is 0 Å². The highest BCUT2D eigenvalue weighted by molar-refractivity contribution is 7.99. The van der Waals surface area contributed by atoms with Crippen LogP contribution in [0.3, 0.4) is 0 Å². The predicted octanol–water partition coefficient (Wildman–Crippen LogP) is 4.23. The molecule has 0 aliphatic heterocycles. The van der Waals surface area contributed by atoms with Gasteiger partial charge in [0.25, 0.3) is 0 Å². The molecular weight excluding hydrogens is 412 g/mol. The molecule has 1 amide bonds. The van der Waals surface area contributed by atoms with Gasteiger partial charge in [-0.25, -0.2) is 0 Å². The van der Waals surface area contributed by atoms with Crippen LogP contribution in [0.2, 0.25) is 5.02 Å². The number of aryl methyl sites for hydroxylation is 2. The molecule has 2 aromatic heterocycles. The quantitative estimate of drug-likeness (QED) is 0.534. The van der Waals surface area contributed by atoms with Crippen molar-refractivity contribution in [1.82, 2.24) is 20.1 Å². The fourth-order valence-electron chi connectivity index (χ4n) is 2.82. The molecule has 1 unspecified atom stereocenters. The lowest BCUT2D eigenvalue weighted by Gasteiger charge is -2.16. The van der Waals surface area contributed by atoms with Crippen molar-refractivity contribution in [2.75, 3.05) is 5.75 Å². The van der Waals surface area contributed by atoms with Crippen molar-refractivity contribution in [3.63, 3.8) is 0 Å². The Morgan fingerprint density at radius 3 is 2.72 bits per heavy atom. The van der Waals surface area contributed by atoms with Gasteiger partial charge in [-0.15, -0.1) is 10.2 Å². The van der Waals surface area contributed by atoms with Crippen molar-refractivity contribution < 1.29 is 13.9 Å². The average molecular weight is 435 g/mol. The summed E-state index contributed by atoms with van der Waals surface area (Å²) in [6.45, 7) is 6.16. The molecule has 3 rings (SSSR count). The number of aromatic nitrogens is 3. The number of carbonyl (C=O) groups is 1. The molecule has 0 aliphatic rings. The molecule has 154 valence electrons. The summed E-state index contributed by atoms with van der Waals surface area (Å²) in [5.41, 5.74) is 1.92. The lowest BCUT2D eigenvalue weighted by Crippen LogP contribution is -2.24. The molecular formula is C20H23ClN4O3S. The van der Waals surface area contributed by atoms with E-state index in [2.05, 4.69) is 15.5 Å². The normalized spacial score (nSPS) is 12.0. The predicted molar refractivity (Wildman–Crippen MR) is 112 cm³/mol. The highest BCUT2D eigenvalue weighted by Crippen LogP contribution is 2.29. The smallest absolute Gasteiger partial charge is 0.230 e. The van der Waals surface area contributed by atoms with E-state index in [1.54, 1.807) is 12.3 Å². The van der Waals surface area contributed by atoms with E-state index in [9.17, 15) is 4.79 Å². The van der Waals surface area contributed by atoms with E-state index >= 15 is 0 Å². The number of halogens is 1. The number of rotatable bonds is 8. The maximum Gasteiger partial charge on any atom is 0.230 e. The zero-order valence-corrected chi connectivity index (χ0v) is 18.3. The van der Waals surface area contributed by atoms with E-state index in [0.717, 1.165) is 21.9 Å². The van der Waals surface area contributed by atoms with Crippen molar-refractivity contribution in [3.05, 3.63) is 58.3 Å². The molecule has 2 heterocycles. The van der Waals surface area contributed by atoms with Crippen LogP contribution in [0.1, 0.15) is 35.7 Å². The molecule has 9 heteroatoms. The third-order valence-electron chi connectivity index (χ3n) is 4.33. The second-order valence-corrected chi connectivity index (χ2v) is 8.00. The van der Waals surface area contributed by atoms with Gasteiger partial charge in [0.15, 0.2) is 17.1 Å². The van der Waals surface area contributed by atoms with Crippen LogP contribution in [-0.2, 0) is 18.4 Å². The lowest BCUT2D eigenvalue weighted by atomic mass is 10.1. The summed E-state index contributed by atoms with van der Waals surface area (Å²) in [5.74, 6) is 2.24. The van der Waals surface area contributed by atoms with Crippen molar-refractivity contribution in [2.24, 2.45) is 7.05 Å². The van der Waals surface area contributed by atoms with Crippen molar-refractivity contribution >= 4 is 29.3 Å². The number of benzene rings is 1. The Kier molecular flexibility index (Phi) is 6.87. The first-order chi connectivity index (χ1) is 13.8. The zero-order chi connectivity index (χ0) is 21.0. The van der Waals surface area contributed by atoms with Gasteiger partial charge in [-0.2, -0.15) is 0 Å². The lowest BCUT2D eigenvalue weighted by molar-refractivity contribution is -0.118. The van der Waals surface area contributed by atoms with Crippen LogP contribution in [0.5, 0.6) is 5.75 Å². The second kappa shape index (κ2) is 9.37.